The van der Waals surface area contributed by atoms with Gasteiger partial charge in [0.2, 0.25) is 0 Å². The standard InChI is InChI=1S/C52H60N2O6/c55-51(56)43-38-50(60-36-24-12-8-4-2-6-10-22-34-54-47-31-19-15-27-41(47)42-28-16-20-32-48(42)54)44(52(57)58)37-49(43)59-35-23-11-7-3-1-5-9-21-33-53-45-29-17-13-25-39(45)40-26-14-18-30-46(40)53/h13-20,25-32,37-38H,1-12,21-24,33-36H2,(H,55,56)(H,57,58). The molecular formula is C52H60N2O6. The monoisotopic (exact) mass is 808 g/mol. The molecule has 0 radical (unpaired) electrons. The molecule has 0 saturated heterocycles. The number of nitrogens with zero attached hydrogens (tertiary/aromatic N) is 2. The van der Waals surface area contributed by atoms with Crippen molar-refractivity contribution in [3.63, 3.8) is 0 Å². The van der Waals surface area contributed by atoms with Crippen LogP contribution in [0.4, 0.5) is 0 Å². The van der Waals surface area contributed by atoms with Crippen molar-refractivity contribution in [3.05, 3.63) is 120 Å². The first kappa shape index (κ1) is 42.4. The number of carboxylic acids is 2. The maximum atomic E-state index is 12.1. The highest BCUT2D eigenvalue weighted by Gasteiger charge is 2.21. The Morgan fingerprint density at radius 3 is 0.950 bits per heavy atom. The van der Waals surface area contributed by atoms with E-state index in [1.807, 2.05) is 0 Å². The van der Waals surface area contributed by atoms with Gasteiger partial charge >= 0.3 is 11.9 Å². The topological polar surface area (TPSA) is 103 Å². The van der Waals surface area contributed by atoms with Crippen LogP contribution in [-0.4, -0.2) is 44.5 Å². The van der Waals surface area contributed by atoms with Crippen molar-refractivity contribution < 1.29 is 29.3 Å². The van der Waals surface area contributed by atoms with E-state index >= 15 is 0 Å². The SMILES string of the molecule is O=C(O)c1cc(OCCCCCCCCCCn2c3ccccc3c3ccccc32)c(C(=O)O)cc1OCCCCCCCCCCn1c2ccccc2c2ccccc21. The molecule has 0 saturated carbocycles. The molecule has 0 aliphatic rings. The molecule has 60 heavy (non-hydrogen) atoms. The fourth-order valence-electron chi connectivity index (χ4n) is 8.85. The smallest absolute Gasteiger partial charge is 0.339 e. The summed E-state index contributed by atoms with van der Waals surface area (Å²) in [6, 6.07) is 37.3. The second-order valence-corrected chi connectivity index (χ2v) is 16.2. The van der Waals surface area contributed by atoms with Crippen molar-refractivity contribution >= 4 is 55.6 Å². The number of hydrogen-bond acceptors (Lipinski definition) is 4. The number of carboxylic acid groups (broad SMARTS) is 2. The highest BCUT2D eigenvalue weighted by Crippen LogP contribution is 2.32. The van der Waals surface area contributed by atoms with E-state index in [0.717, 1.165) is 77.3 Å². The average Bonchev–Trinajstić information content (AvgIpc) is 3.76. The Hall–Kier alpha value is -5.76. The van der Waals surface area contributed by atoms with Gasteiger partial charge in [-0.1, -0.05) is 150 Å². The number of aromatic carboxylic acids is 2. The summed E-state index contributed by atoms with van der Waals surface area (Å²) in [5, 5.41) is 25.1. The lowest BCUT2D eigenvalue weighted by Gasteiger charge is -2.14. The van der Waals surface area contributed by atoms with Crippen LogP contribution in [0.3, 0.4) is 0 Å². The third kappa shape index (κ3) is 10.5. The largest absolute Gasteiger partial charge is 0.493 e. The predicted molar refractivity (Wildman–Crippen MR) is 244 cm³/mol. The molecule has 7 aromatic rings. The van der Waals surface area contributed by atoms with Gasteiger partial charge in [0.05, 0.1) is 13.2 Å². The maximum absolute atomic E-state index is 12.1. The molecule has 8 heteroatoms. The fourth-order valence-corrected chi connectivity index (χ4v) is 8.85. The minimum absolute atomic E-state index is 0.0746. The van der Waals surface area contributed by atoms with Gasteiger partial charge < -0.3 is 28.8 Å². The van der Waals surface area contributed by atoms with Crippen molar-refractivity contribution in [3.8, 4) is 11.5 Å². The van der Waals surface area contributed by atoms with Crippen molar-refractivity contribution in [2.24, 2.45) is 0 Å². The van der Waals surface area contributed by atoms with Crippen molar-refractivity contribution in [1.82, 2.24) is 9.13 Å². The molecule has 0 aliphatic carbocycles. The van der Waals surface area contributed by atoms with E-state index in [0.29, 0.717) is 13.2 Å². The van der Waals surface area contributed by atoms with Crippen LogP contribution in [0.25, 0.3) is 43.6 Å². The number of unbranched alkanes of at least 4 members (excludes halogenated alkanes) is 14. The predicted octanol–water partition coefficient (Wildman–Crippen LogP) is 13.7. The quantitative estimate of drug-likeness (QED) is 0.0528. The van der Waals surface area contributed by atoms with Crippen LogP contribution in [-0.2, 0) is 13.1 Å². The second-order valence-electron chi connectivity index (χ2n) is 16.2. The summed E-state index contributed by atoms with van der Waals surface area (Å²) in [7, 11) is 0. The first-order chi connectivity index (χ1) is 29.5. The van der Waals surface area contributed by atoms with Gasteiger partial charge in [0.15, 0.2) is 0 Å². The summed E-state index contributed by atoms with van der Waals surface area (Å²) >= 11 is 0. The lowest BCUT2D eigenvalue weighted by Crippen LogP contribution is -2.10. The van der Waals surface area contributed by atoms with Gasteiger partial charge in [0.25, 0.3) is 0 Å². The Kier molecular flexibility index (Phi) is 15.2. The Balaban J connectivity index is 0.747. The molecule has 0 spiro atoms. The van der Waals surface area contributed by atoms with Crippen LogP contribution in [0.15, 0.2) is 109 Å². The van der Waals surface area contributed by atoms with Gasteiger partial charge in [-0.3, -0.25) is 0 Å². The zero-order valence-electron chi connectivity index (χ0n) is 35.0. The average molecular weight is 809 g/mol. The number of aryl methyl sites for hydroxylation is 2. The number of fused-ring (bicyclic) bond motifs is 6. The first-order valence-electron chi connectivity index (χ1n) is 22.3. The number of ether oxygens (including phenoxy) is 2. The Bertz CT molecular complexity index is 2220. The van der Waals surface area contributed by atoms with Crippen molar-refractivity contribution in [2.45, 2.75) is 116 Å². The normalized spacial score (nSPS) is 11.6. The molecule has 0 aliphatic heterocycles. The number of carbonyl (C=O) groups is 2. The van der Waals surface area contributed by atoms with Crippen LogP contribution >= 0.6 is 0 Å². The van der Waals surface area contributed by atoms with Crippen LogP contribution < -0.4 is 9.47 Å². The molecule has 2 N–H and O–H groups in total. The lowest BCUT2D eigenvalue weighted by atomic mass is 10.1. The van der Waals surface area contributed by atoms with Crippen LogP contribution in [0.1, 0.15) is 123 Å². The summed E-state index contributed by atoms with van der Waals surface area (Å²) in [4.78, 5) is 24.3. The summed E-state index contributed by atoms with van der Waals surface area (Å²) in [6.45, 7) is 2.71. The minimum atomic E-state index is -1.17. The van der Waals surface area contributed by atoms with E-state index in [-0.39, 0.29) is 22.6 Å². The number of para-hydroxylation sites is 4. The zero-order valence-corrected chi connectivity index (χ0v) is 35.0. The Morgan fingerprint density at radius 1 is 0.383 bits per heavy atom. The van der Waals surface area contributed by atoms with Gasteiger partial charge in [-0.15, -0.1) is 0 Å². The number of hydrogen-bond donors (Lipinski definition) is 2. The molecule has 2 heterocycles. The van der Waals surface area contributed by atoms with Gasteiger partial charge in [-0.05, 0) is 62.1 Å². The van der Waals surface area contributed by atoms with Gasteiger partial charge in [-0.25, -0.2) is 9.59 Å². The molecule has 2 aromatic heterocycles. The third-order valence-corrected chi connectivity index (χ3v) is 12.0. The van der Waals surface area contributed by atoms with Crippen LogP contribution in [0, 0.1) is 0 Å². The summed E-state index contributed by atoms with van der Waals surface area (Å²) in [5.41, 5.74) is 5.08. The van der Waals surface area contributed by atoms with E-state index in [1.54, 1.807) is 0 Å². The molecule has 5 aromatic carbocycles. The second kappa shape index (κ2) is 21.5. The Morgan fingerprint density at radius 2 is 0.650 bits per heavy atom. The van der Waals surface area contributed by atoms with E-state index < -0.39 is 11.9 Å². The molecule has 0 unspecified atom stereocenters. The summed E-state index contributed by atoms with van der Waals surface area (Å²) in [5.74, 6) is -2.18. The van der Waals surface area contributed by atoms with Gasteiger partial charge in [-0.2, -0.15) is 0 Å². The fraction of sp³-hybridized carbons (Fsp3) is 0.385. The highest BCUT2D eigenvalue weighted by atomic mass is 16.5. The number of rotatable bonds is 26. The van der Waals surface area contributed by atoms with Crippen molar-refractivity contribution in [1.29, 1.82) is 0 Å². The van der Waals surface area contributed by atoms with E-state index in [4.69, 9.17) is 9.47 Å². The summed E-state index contributed by atoms with van der Waals surface area (Å²) < 4.78 is 16.6. The maximum Gasteiger partial charge on any atom is 0.339 e. The first-order valence-corrected chi connectivity index (χ1v) is 22.3. The number of aromatic nitrogens is 2. The molecule has 8 nitrogen and oxygen atoms in total. The molecular weight excluding hydrogens is 749 g/mol. The summed E-state index contributed by atoms with van der Waals surface area (Å²) in [6.07, 6.45) is 17.4. The van der Waals surface area contributed by atoms with Crippen molar-refractivity contribution in [2.75, 3.05) is 13.2 Å². The van der Waals surface area contributed by atoms with E-state index in [9.17, 15) is 19.8 Å². The minimum Gasteiger partial charge on any atom is -0.493 e. The highest BCUT2D eigenvalue weighted by molar-refractivity contribution is 6.08. The third-order valence-electron chi connectivity index (χ3n) is 12.0. The van der Waals surface area contributed by atoms with E-state index in [2.05, 4.69) is 106 Å². The molecule has 314 valence electrons. The molecule has 0 fully saturated rings. The van der Waals surface area contributed by atoms with Gasteiger partial charge in [0, 0.05) is 56.7 Å². The zero-order chi connectivity index (χ0) is 41.5. The molecule has 0 amide bonds. The molecule has 0 bridgehead atoms. The lowest BCUT2D eigenvalue weighted by molar-refractivity contribution is 0.0672. The molecule has 0 atom stereocenters. The Labute approximate surface area is 353 Å². The van der Waals surface area contributed by atoms with Crippen LogP contribution in [0.5, 0.6) is 11.5 Å². The van der Waals surface area contributed by atoms with E-state index in [1.165, 1.54) is 94.3 Å². The number of benzene rings is 5. The molecule has 7 rings (SSSR count). The van der Waals surface area contributed by atoms with Crippen LogP contribution in [0.2, 0.25) is 0 Å². The van der Waals surface area contributed by atoms with Gasteiger partial charge in [0.1, 0.15) is 22.6 Å².